The molecule has 1 aromatic carbocycles. The molecule has 7 heteroatoms. The van der Waals surface area contributed by atoms with Crippen molar-refractivity contribution in [3.8, 4) is 0 Å². The predicted octanol–water partition coefficient (Wildman–Crippen LogP) is 4.13. The second kappa shape index (κ2) is 6.83. The maximum Gasteiger partial charge on any atom is 0.272 e. The molecule has 1 atom stereocenters. The van der Waals surface area contributed by atoms with E-state index in [1.165, 1.54) is 11.5 Å². The molecule has 118 valence electrons. The van der Waals surface area contributed by atoms with E-state index in [9.17, 15) is 10.1 Å². The zero-order valence-electron chi connectivity index (χ0n) is 13.2. The van der Waals surface area contributed by atoms with Crippen LogP contribution in [-0.4, -0.2) is 14.3 Å². The third kappa shape index (κ3) is 4.00. The summed E-state index contributed by atoms with van der Waals surface area (Å²) in [6.45, 7) is 7.95. The molecule has 1 heterocycles. The van der Waals surface area contributed by atoms with E-state index in [1.807, 2.05) is 13.0 Å². The number of hydrogen-bond acceptors (Lipinski definition) is 6. The molecule has 1 N–H and O–H groups in total. The van der Waals surface area contributed by atoms with Crippen molar-refractivity contribution < 1.29 is 4.92 Å². The molecule has 0 spiro atoms. The van der Waals surface area contributed by atoms with Gasteiger partial charge in [-0.05, 0) is 25.3 Å². The van der Waals surface area contributed by atoms with Gasteiger partial charge in [-0.25, -0.2) is 4.98 Å². The summed E-state index contributed by atoms with van der Waals surface area (Å²) in [5, 5.41) is 15.0. The molecule has 2 rings (SSSR count). The van der Waals surface area contributed by atoms with Crippen LogP contribution in [-0.2, 0) is 6.42 Å². The minimum Gasteiger partial charge on any atom is -0.354 e. The lowest BCUT2D eigenvalue weighted by atomic mass is 10.1. The van der Waals surface area contributed by atoms with Crippen LogP contribution in [0.4, 0.5) is 10.8 Å². The number of nitrogens with one attached hydrogen (secondary N) is 1. The van der Waals surface area contributed by atoms with Crippen LogP contribution in [0.5, 0.6) is 0 Å². The fourth-order valence-electron chi connectivity index (χ4n) is 2.12. The number of anilines is 1. The molecule has 1 aromatic heterocycles. The Morgan fingerprint density at radius 2 is 2.09 bits per heavy atom. The lowest BCUT2D eigenvalue weighted by molar-refractivity contribution is -0.385. The van der Waals surface area contributed by atoms with Gasteiger partial charge in [0.2, 0.25) is 5.13 Å². The van der Waals surface area contributed by atoms with Gasteiger partial charge in [0, 0.05) is 29.6 Å². The molecule has 6 nitrogen and oxygen atoms in total. The standard InChI is InChI=1S/C15H20N4O2S/c1-9(2)7-14-17-15(22-18-14)16-11(4)12-6-5-10(3)13(8-12)19(20)21/h5-6,8-9,11H,7H2,1-4H3,(H,16,17,18). The lowest BCUT2D eigenvalue weighted by Gasteiger charge is -2.13. The molecule has 2 aromatic rings. The van der Waals surface area contributed by atoms with E-state index in [0.29, 0.717) is 11.5 Å². The highest BCUT2D eigenvalue weighted by atomic mass is 32.1. The molecule has 0 aliphatic carbocycles. The highest BCUT2D eigenvalue weighted by molar-refractivity contribution is 7.09. The van der Waals surface area contributed by atoms with Gasteiger partial charge in [-0.15, -0.1) is 0 Å². The van der Waals surface area contributed by atoms with Crippen LogP contribution in [0, 0.1) is 23.0 Å². The number of benzene rings is 1. The zero-order chi connectivity index (χ0) is 16.3. The van der Waals surface area contributed by atoms with Gasteiger partial charge in [0.05, 0.1) is 11.0 Å². The van der Waals surface area contributed by atoms with Gasteiger partial charge < -0.3 is 5.32 Å². The minimum absolute atomic E-state index is 0.0702. The molecule has 0 aliphatic heterocycles. The summed E-state index contributed by atoms with van der Waals surface area (Å²) in [6.07, 6.45) is 0.850. The summed E-state index contributed by atoms with van der Waals surface area (Å²) in [5.74, 6) is 1.35. The van der Waals surface area contributed by atoms with Crippen molar-refractivity contribution in [2.45, 2.75) is 40.2 Å². The molecular weight excluding hydrogens is 300 g/mol. The van der Waals surface area contributed by atoms with Crippen molar-refractivity contribution in [3.05, 3.63) is 45.3 Å². The van der Waals surface area contributed by atoms with Crippen LogP contribution in [0.15, 0.2) is 18.2 Å². The normalized spacial score (nSPS) is 12.4. The molecule has 0 bridgehead atoms. The molecule has 0 saturated carbocycles. The maximum absolute atomic E-state index is 11.0. The first-order valence-corrected chi connectivity index (χ1v) is 7.98. The average Bonchev–Trinajstić information content (AvgIpc) is 2.85. The SMILES string of the molecule is Cc1ccc(C(C)Nc2nc(CC(C)C)ns2)cc1[N+](=O)[O-]. The molecule has 0 saturated heterocycles. The van der Waals surface area contributed by atoms with E-state index < -0.39 is 0 Å². The molecule has 0 fully saturated rings. The average molecular weight is 320 g/mol. The van der Waals surface area contributed by atoms with E-state index in [2.05, 4.69) is 28.5 Å². The second-order valence-electron chi connectivity index (χ2n) is 5.78. The quantitative estimate of drug-likeness (QED) is 0.639. The Kier molecular flexibility index (Phi) is 5.07. The lowest BCUT2D eigenvalue weighted by Crippen LogP contribution is -2.07. The summed E-state index contributed by atoms with van der Waals surface area (Å²) in [6, 6.07) is 5.22. The number of rotatable bonds is 6. The summed E-state index contributed by atoms with van der Waals surface area (Å²) < 4.78 is 4.32. The van der Waals surface area contributed by atoms with Gasteiger partial charge in [-0.1, -0.05) is 26.0 Å². The Morgan fingerprint density at radius 3 is 2.73 bits per heavy atom. The number of nitro groups is 1. The van der Waals surface area contributed by atoms with Crippen LogP contribution < -0.4 is 5.32 Å². The van der Waals surface area contributed by atoms with Gasteiger partial charge in [0.15, 0.2) is 0 Å². The monoisotopic (exact) mass is 320 g/mol. The molecule has 1 unspecified atom stereocenters. The topological polar surface area (TPSA) is 81.0 Å². The van der Waals surface area contributed by atoms with E-state index >= 15 is 0 Å². The highest BCUT2D eigenvalue weighted by Crippen LogP contribution is 2.26. The number of aromatic nitrogens is 2. The Hall–Kier alpha value is -2.02. The Labute approximate surface area is 133 Å². The summed E-state index contributed by atoms with van der Waals surface area (Å²) in [5.41, 5.74) is 1.66. The predicted molar refractivity (Wildman–Crippen MR) is 88.3 cm³/mol. The van der Waals surface area contributed by atoms with Gasteiger partial charge in [-0.2, -0.15) is 4.37 Å². The fourth-order valence-corrected chi connectivity index (χ4v) is 2.80. The van der Waals surface area contributed by atoms with E-state index in [4.69, 9.17) is 0 Å². The van der Waals surface area contributed by atoms with Crippen molar-refractivity contribution in [2.24, 2.45) is 5.92 Å². The van der Waals surface area contributed by atoms with E-state index in [1.54, 1.807) is 19.1 Å². The third-order valence-corrected chi connectivity index (χ3v) is 4.01. The molecule has 22 heavy (non-hydrogen) atoms. The van der Waals surface area contributed by atoms with Crippen LogP contribution >= 0.6 is 11.5 Å². The third-order valence-electron chi connectivity index (χ3n) is 3.33. The first-order chi connectivity index (χ1) is 10.4. The first-order valence-electron chi connectivity index (χ1n) is 7.21. The largest absolute Gasteiger partial charge is 0.354 e. The van der Waals surface area contributed by atoms with Gasteiger partial charge in [-0.3, -0.25) is 10.1 Å². The molecular formula is C15H20N4O2S. The van der Waals surface area contributed by atoms with Crippen LogP contribution in [0.3, 0.4) is 0 Å². The van der Waals surface area contributed by atoms with E-state index in [0.717, 1.165) is 22.9 Å². The maximum atomic E-state index is 11.0. The number of hydrogen-bond donors (Lipinski definition) is 1. The van der Waals surface area contributed by atoms with Crippen molar-refractivity contribution in [3.63, 3.8) is 0 Å². The minimum atomic E-state index is -0.350. The highest BCUT2D eigenvalue weighted by Gasteiger charge is 2.15. The summed E-state index contributed by atoms with van der Waals surface area (Å²) in [7, 11) is 0. The fraction of sp³-hybridized carbons (Fsp3) is 0.467. The molecule has 0 amide bonds. The Balaban J connectivity index is 2.12. The number of nitrogens with zero attached hydrogens (tertiary/aromatic N) is 3. The van der Waals surface area contributed by atoms with Crippen LogP contribution in [0.25, 0.3) is 0 Å². The number of aryl methyl sites for hydroxylation is 1. The Bertz CT molecular complexity index is 669. The summed E-state index contributed by atoms with van der Waals surface area (Å²) in [4.78, 5) is 15.1. The van der Waals surface area contributed by atoms with Crippen LogP contribution in [0.1, 0.15) is 43.8 Å². The zero-order valence-corrected chi connectivity index (χ0v) is 14.0. The smallest absolute Gasteiger partial charge is 0.272 e. The van der Waals surface area contributed by atoms with Crippen molar-refractivity contribution >= 4 is 22.4 Å². The summed E-state index contributed by atoms with van der Waals surface area (Å²) >= 11 is 1.32. The second-order valence-corrected chi connectivity index (χ2v) is 6.53. The van der Waals surface area contributed by atoms with Crippen molar-refractivity contribution in [2.75, 3.05) is 5.32 Å². The van der Waals surface area contributed by atoms with Crippen LogP contribution in [0.2, 0.25) is 0 Å². The molecule has 0 radical (unpaired) electrons. The first kappa shape index (κ1) is 16.4. The van der Waals surface area contributed by atoms with Gasteiger partial charge >= 0.3 is 0 Å². The van der Waals surface area contributed by atoms with Gasteiger partial charge in [0.1, 0.15) is 5.82 Å². The Morgan fingerprint density at radius 1 is 1.36 bits per heavy atom. The molecule has 0 aliphatic rings. The van der Waals surface area contributed by atoms with Crippen molar-refractivity contribution in [1.82, 2.24) is 9.36 Å². The van der Waals surface area contributed by atoms with E-state index in [-0.39, 0.29) is 16.7 Å². The number of nitro benzene ring substituents is 1. The van der Waals surface area contributed by atoms with Crippen molar-refractivity contribution in [1.29, 1.82) is 0 Å². The van der Waals surface area contributed by atoms with Gasteiger partial charge in [0.25, 0.3) is 5.69 Å².